The highest BCUT2D eigenvalue weighted by Gasteiger charge is 2.15. The number of anilines is 4. The van der Waals surface area contributed by atoms with Crippen LogP contribution in [0.25, 0.3) is 80.3 Å². The van der Waals surface area contributed by atoms with Gasteiger partial charge in [0.05, 0.1) is 72.0 Å². The second-order valence-electron chi connectivity index (χ2n) is 23.8. The van der Waals surface area contributed by atoms with E-state index >= 15 is 0 Å². The number of aryl methyl sites for hydroxylation is 1. The number of aromatic hydroxyl groups is 1. The third-order valence-corrected chi connectivity index (χ3v) is 18.8. The standard InChI is InChI=1S/C14H12N2O2.C13H12BrNO2.C12H9BrO3.C12H11BrO.C12H11NO3.C11H10BrNO.C11H7BrO3/c1-9(17)16-13-7-11-6-12(15-2)5-4-10(11)8-14(13)18-3;1-8(16)15-12-6-10-5-11(14)4-3-9(10)7-13(12)17-2;1-16-11-6-7-2-3-9(13)4-8(7)5-10(11)12(14)15;1-8-5-10-6-11(13)4-3-9(10)7-12(8)14-2;1-15-12-6-8-2-3-10(16-7-14)4-9(8)5-11(12)13;1-14-11-6-7-2-3-9(12)4-8(7)5-10(11)13;12-8-2-1-6-5-10(13)9(11(14)15)4-7(6)3-8/h4-8H,1,3H3,(H,16,17);3-7H,1-2H3,(H,15,16);2-6H,1H3,(H,14,15);3-7H,1-2H3;2-7H,13H2,1H3;2-6H,13H2,1H3;1-5,13H,(H,14,15). The van der Waals surface area contributed by atoms with Gasteiger partial charge in [0.1, 0.15) is 57.1 Å². The number of fused-ring (bicyclic) bond motifs is 7. The number of carboxylic acid groups (broad SMARTS) is 2. The summed E-state index contributed by atoms with van der Waals surface area (Å²) in [6.45, 7) is 12.4. The fraction of sp³-hybridized carbons (Fsp3) is 0.106. The summed E-state index contributed by atoms with van der Waals surface area (Å²) < 4.78 is 40.8. The molecule has 20 nitrogen and oxygen atoms in total. The number of ether oxygens (including phenoxy) is 7. The molecule has 0 aromatic heterocycles. The molecule has 562 valence electrons. The molecule has 0 saturated heterocycles. The quantitative estimate of drug-likeness (QED) is 0.0340. The van der Waals surface area contributed by atoms with Gasteiger partial charge in [-0.3, -0.25) is 14.4 Å². The van der Waals surface area contributed by atoms with Crippen molar-refractivity contribution in [1.82, 2.24) is 0 Å². The van der Waals surface area contributed by atoms with Gasteiger partial charge in [-0.1, -0.05) is 128 Å². The van der Waals surface area contributed by atoms with Gasteiger partial charge in [0.15, 0.2) is 5.69 Å². The molecule has 2 amide bonds. The van der Waals surface area contributed by atoms with E-state index in [1.54, 1.807) is 84.1 Å². The maximum atomic E-state index is 11.1. The summed E-state index contributed by atoms with van der Waals surface area (Å²) in [5.41, 5.74) is 15.9. The molecular weight excluding hydrogens is 1730 g/mol. The van der Waals surface area contributed by atoms with Crippen molar-refractivity contribution in [2.75, 3.05) is 64.8 Å². The number of hydrogen-bond acceptors (Lipinski definition) is 15. The lowest BCUT2D eigenvalue weighted by Gasteiger charge is -2.10. The van der Waals surface area contributed by atoms with Crippen LogP contribution < -0.4 is 55.3 Å². The van der Waals surface area contributed by atoms with Crippen LogP contribution in [0.4, 0.5) is 28.4 Å². The Bertz CT molecular complexity index is 5750. The Labute approximate surface area is 675 Å². The van der Waals surface area contributed by atoms with Crippen LogP contribution in [-0.4, -0.2) is 88.2 Å². The highest BCUT2D eigenvalue weighted by atomic mass is 79.9. The number of halogens is 5. The van der Waals surface area contributed by atoms with Gasteiger partial charge in [-0.25, -0.2) is 14.4 Å². The Kier molecular flexibility index (Phi) is 30.1. The molecule has 25 heteroatoms. The van der Waals surface area contributed by atoms with Crippen molar-refractivity contribution in [1.29, 1.82) is 0 Å². The Morgan fingerprint density at radius 1 is 0.382 bits per heavy atom. The fourth-order valence-corrected chi connectivity index (χ4v) is 13.0. The van der Waals surface area contributed by atoms with E-state index < -0.39 is 11.9 Å². The number of nitrogens with one attached hydrogen (secondary N) is 2. The first-order chi connectivity index (χ1) is 52.6. The van der Waals surface area contributed by atoms with E-state index in [1.165, 1.54) is 43.9 Å². The van der Waals surface area contributed by atoms with Crippen molar-refractivity contribution < 1.29 is 72.5 Å². The number of amides is 2. The zero-order valence-corrected chi connectivity index (χ0v) is 68.4. The molecule has 110 heavy (non-hydrogen) atoms. The summed E-state index contributed by atoms with van der Waals surface area (Å²) >= 11 is 17.0. The molecule has 0 heterocycles. The number of carbonyl (C=O) groups is 5. The molecule has 0 aliphatic carbocycles. The lowest BCUT2D eigenvalue weighted by atomic mass is 10.1. The molecular formula is C85H72Br5N5O15. The van der Waals surface area contributed by atoms with Crippen LogP contribution in [0.2, 0.25) is 0 Å². The van der Waals surface area contributed by atoms with Gasteiger partial charge in [-0.05, 0) is 252 Å². The van der Waals surface area contributed by atoms with Crippen LogP contribution >= 0.6 is 79.6 Å². The van der Waals surface area contributed by atoms with Crippen molar-refractivity contribution in [2.45, 2.75) is 20.8 Å². The Morgan fingerprint density at radius 3 is 1.08 bits per heavy atom. The van der Waals surface area contributed by atoms with Crippen LogP contribution in [0.1, 0.15) is 40.1 Å². The summed E-state index contributed by atoms with van der Waals surface area (Å²) in [6, 6.07) is 65.5. The van der Waals surface area contributed by atoms with E-state index in [1.807, 2.05) is 127 Å². The number of nitrogens with zero attached hydrogens (tertiary/aromatic N) is 1. The highest BCUT2D eigenvalue weighted by Crippen LogP contribution is 2.37. The molecule has 9 N–H and O–H groups in total. The van der Waals surface area contributed by atoms with Crippen molar-refractivity contribution in [2.24, 2.45) is 0 Å². The first-order valence-corrected chi connectivity index (χ1v) is 36.8. The number of benzene rings is 14. The van der Waals surface area contributed by atoms with E-state index in [4.69, 9.17) is 61.4 Å². The van der Waals surface area contributed by atoms with Crippen LogP contribution in [0.3, 0.4) is 0 Å². The number of aromatic carboxylic acids is 2. The molecule has 0 aliphatic heterocycles. The molecule has 0 spiro atoms. The summed E-state index contributed by atoms with van der Waals surface area (Å²) in [5.74, 6) is 1.84. The lowest BCUT2D eigenvalue weighted by Crippen LogP contribution is -2.07. The number of nitrogens with two attached hydrogens (primary N) is 2. The monoisotopic (exact) mass is 1800 g/mol. The average Bonchev–Trinajstić information content (AvgIpc) is 0.834. The van der Waals surface area contributed by atoms with Crippen molar-refractivity contribution in [3.05, 3.63) is 263 Å². The number of phenols is 1. The zero-order valence-electron chi connectivity index (χ0n) is 60.5. The molecule has 0 fully saturated rings. The Balaban J connectivity index is 0.000000162. The van der Waals surface area contributed by atoms with E-state index in [0.717, 1.165) is 104 Å². The largest absolute Gasteiger partial charge is 0.507 e. The molecule has 0 unspecified atom stereocenters. The van der Waals surface area contributed by atoms with Crippen LogP contribution in [0.15, 0.2) is 235 Å². The van der Waals surface area contributed by atoms with Gasteiger partial charge in [-0.2, -0.15) is 0 Å². The molecule has 14 aromatic carbocycles. The third kappa shape index (κ3) is 22.7. The van der Waals surface area contributed by atoms with Gasteiger partial charge in [0, 0.05) is 36.2 Å². The van der Waals surface area contributed by atoms with Crippen molar-refractivity contribution in [3.63, 3.8) is 0 Å². The van der Waals surface area contributed by atoms with Crippen LogP contribution in [0.5, 0.6) is 46.0 Å². The van der Waals surface area contributed by atoms with E-state index in [2.05, 4.69) is 126 Å². The number of rotatable bonds is 12. The first-order valence-electron chi connectivity index (χ1n) is 32.8. The summed E-state index contributed by atoms with van der Waals surface area (Å²) in [6.07, 6.45) is 0. The Hall–Kier alpha value is -11.7. The lowest BCUT2D eigenvalue weighted by molar-refractivity contribution is -0.120. The molecule has 0 atom stereocenters. The van der Waals surface area contributed by atoms with Gasteiger partial charge in [0.25, 0.3) is 6.47 Å². The van der Waals surface area contributed by atoms with Crippen LogP contribution in [0, 0.1) is 13.5 Å². The number of carboxylic acids is 2. The predicted molar refractivity (Wildman–Crippen MR) is 456 cm³/mol. The number of hydrogen-bond donors (Lipinski definition) is 7. The topological polar surface area (TPSA) is 291 Å². The molecule has 14 aromatic rings. The third-order valence-electron chi connectivity index (χ3n) is 16.3. The maximum Gasteiger partial charge on any atom is 0.339 e. The molecule has 0 bridgehead atoms. The van der Waals surface area contributed by atoms with E-state index in [0.29, 0.717) is 63.7 Å². The Morgan fingerprint density at radius 2 is 0.700 bits per heavy atom. The minimum absolute atomic E-state index is 0.0828. The smallest absolute Gasteiger partial charge is 0.339 e. The van der Waals surface area contributed by atoms with E-state index in [-0.39, 0.29) is 28.7 Å². The number of nitrogen functional groups attached to an aromatic ring is 2. The van der Waals surface area contributed by atoms with E-state index in [9.17, 15) is 29.1 Å². The first kappa shape index (κ1) is 84.0. The fourth-order valence-electron chi connectivity index (χ4n) is 11.1. The second-order valence-corrected chi connectivity index (χ2v) is 28.4. The highest BCUT2D eigenvalue weighted by molar-refractivity contribution is 9.11. The molecule has 0 radical (unpaired) electrons. The van der Waals surface area contributed by atoms with Gasteiger partial charge in [-0.15, -0.1) is 0 Å². The SMILES string of the molecule is COc1cc2ccc(Br)cc2cc1C.COc1cc2ccc(Br)cc2cc1C(=O)O.COc1cc2ccc(Br)cc2cc1N.COc1cc2ccc(Br)cc2cc1NC(C)=O.COc1cc2ccc(OC=O)cc2cc1N.O=C(O)c1cc2cc(Br)ccc2cc1O.[C-]#[N+]c1ccc2cc(OC)c(NC(C)=O)cc2c1. The normalized spacial score (nSPS) is 10.3. The molecule has 14 rings (SSSR count). The number of methoxy groups -OCH3 is 6. The minimum Gasteiger partial charge on any atom is -0.507 e. The predicted octanol–water partition coefficient (Wildman–Crippen LogP) is 22.3. The molecule has 0 saturated carbocycles. The summed E-state index contributed by atoms with van der Waals surface area (Å²) in [5, 5.41) is 46.7. The number of carbonyl (C=O) groups excluding carboxylic acids is 3. The maximum absolute atomic E-state index is 11.1. The van der Waals surface area contributed by atoms with Crippen LogP contribution in [-0.2, 0) is 14.4 Å². The van der Waals surface area contributed by atoms with Gasteiger partial charge < -0.3 is 70.6 Å². The summed E-state index contributed by atoms with van der Waals surface area (Å²) in [4.78, 5) is 57.6. The van der Waals surface area contributed by atoms with Crippen molar-refractivity contribution in [3.8, 4) is 46.0 Å². The average molecular weight is 1800 g/mol. The minimum atomic E-state index is -1.13. The zero-order chi connectivity index (χ0) is 80.0. The van der Waals surface area contributed by atoms with Crippen molar-refractivity contribution >= 4 is 214 Å². The van der Waals surface area contributed by atoms with Gasteiger partial charge >= 0.3 is 11.9 Å². The van der Waals surface area contributed by atoms with Gasteiger partial charge in [0.2, 0.25) is 11.8 Å². The summed E-state index contributed by atoms with van der Waals surface area (Å²) in [7, 11) is 9.50. The second kappa shape index (κ2) is 39.4. The molecule has 0 aliphatic rings.